The summed E-state index contributed by atoms with van der Waals surface area (Å²) in [4.78, 5) is 10.9. The summed E-state index contributed by atoms with van der Waals surface area (Å²) in [6.45, 7) is 1.39. The average Bonchev–Trinajstić information content (AvgIpc) is 2.05. The van der Waals surface area contributed by atoms with E-state index in [0.29, 0.717) is 13.2 Å². The molecule has 4 nitrogen and oxygen atoms in total. The number of carbonyl (C=O) groups is 1. The van der Waals surface area contributed by atoms with Crippen LogP contribution in [0.1, 0.15) is 12.8 Å². The van der Waals surface area contributed by atoms with E-state index < -0.39 is 0 Å². The number of rotatable bonds is 1. The molecule has 1 N–H and O–H groups in total. The molecule has 5 heteroatoms. The van der Waals surface area contributed by atoms with E-state index in [0.717, 1.165) is 12.8 Å². The van der Waals surface area contributed by atoms with Gasteiger partial charge in [-0.1, -0.05) is 0 Å². The smallest absolute Gasteiger partial charge is 0.870 e. The Balaban J connectivity index is 0. The molecule has 0 radical (unpaired) electrons. The van der Waals surface area contributed by atoms with Gasteiger partial charge in [0.25, 0.3) is 0 Å². The number of carbonyl (C=O) groups excluding carboxylic acids is 1. The molecule has 1 aliphatic heterocycles. The molecule has 0 bridgehead atoms. The summed E-state index contributed by atoms with van der Waals surface area (Å²) in [5.74, 6) is -0.0120. The van der Waals surface area contributed by atoms with E-state index in [4.69, 9.17) is 4.74 Å². The molecule has 1 aliphatic rings. The molecule has 66 valence electrons. The molecule has 1 heterocycles. The predicted octanol–water partition coefficient (Wildman–Crippen LogP) is -2.59. The third-order valence-corrected chi connectivity index (χ3v) is 1.76. The van der Waals surface area contributed by atoms with Crippen molar-refractivity contribution in [3.8, 4) is 0 Å². The van der Waals surface area contributed by atoms with E-state index in [9.17, 15) is 4.79 Å². The second-order valence-electron chi connectivity index (χ2n) is 2.41. The minimum atomic E-state index is -0.0942. The second kappa shape index (κ2) is 8.01. The van der Waals surface area contributed by atoms with Crippen molar-refractivity contribution in [2.45, 2.75) is 12.8 Å². The van der Waals surface area contributed by atoms with Crippen molar-refractivity contribution in [2.75, 3.05) is 20.3 Å². The largest absolute Gasteiger partial charge is 1.00 e. The van der Waals surface area contributed by atoms with Gasteiger partial charge in [-0.25, -0.2) is 0 Å². The van der Waals surface area contributed by atoms with Crippen LogP contribution in [0.3, 0.4) is 0 Å². The number of ether oxygens (including phenoxy) is 2. The van der Waals surface area contributed by atoms with Crippen LogP contribution in [0.15, 0.2) is 0 Å². The average molecular weight is 184 g/mol. The SMILES string of the molecule is COC(=O)C1CCOCC1.[Na+].[OH-]. The van der Waals surface area contributed by atoms with E-state index in [1.165, 1.54) is 7.11 Å². The Bertz CT molecular complexity index is 123. The van der Waals surface area contributed by atoms with Gasteiger partial charge >= 0.3 is 35.5 Å². The van der Waals surface area contributed by atoms with Gasteiger partial charge in [0.05, 0.1) is 13.0 Å². The minimum absolute atomic E-state index is 0. The third-order valence-electron chi connectivity index (χ3n) is 1.76. The van der Waals surface area contributed by atoms with Crippen molar-refractivity contribution >= 4 is 5.97 Å². The van der Waals surface area contributed by atoms with Crippen LogP contribution in [0, 0.1) is 5.92 Å². The molecule has 0 unspecified atom stereocenters. The molecular formula is C7H13NaO4. The molecule has 1 rings (SSSR count). The Morgan fingerprint density at radius 2 is 1.92 bits per heavy atom. The maximum atomic E-state index is 10.9. The second-order valence-corrected chi connectivity index (χ2v) is 2.41. The van der Waals surface area contributed by atoms with Gasteiger partial charge in [0.1, 0.15) is 0 Å². The zero-order valence-corrected chi connectivity index (χ0v) is 9.58. The Hall–Kier alpha value is 0.390. The molecule has 0 aromatic heterocycles. The summed E-state index contributed by atoms with van der Waals surface area (Å²) in [5.41, 5.74) is 0. The first-order chi connectivity index (χ1) is 4.84. The summed E-state index contributed by atoms with van der Waals surface area (Å²) in [5, 5.41) is 0. The van der Waals surface area contributed by atoms with Crippen LogP contribution in [0.2, 0.25) is 0 Å². The van der Waals surface area contributed by atoms with Crippen molar-refractivity contribution in [1.82, 2.24) is 0 Å². The van der Waals surface area contributed by atoms with Gasteiger partial charge in [-0.05, 0) is 12.8 Å². The molecular weight excluding hydrogens is 171 g/mol. The van der Waals surface area contributed by atoms with E-state index in [1.807, 2.05) is 0 Å². The first-order valence-electron chi connectivity index (χ1n) is 3.50. The quantitative estimate of drug-likeness (QED) is 0.331. The van der Waals surface area contributed by atoms with Gasteiger partial charge in [-0.3, -0.25) is 4.79 Å². The van der Waals surface area contributed by atoms with Crippen LogP contribution in [0.5, 0.6) is 0 Å². The first kappa shape index (κ1) is 14.9. The molecule has 0 aromatic carbocycles. The summed E-state index contributed by atoms with van der Waals surface area (Å²) < 4.78 is 9.68. The molecule has 12 heavy (non-hydrogen) atoms. The molecule has 1 saturated heterocycles. The Morgan fingerprint density at radius 1 is 1.42 bits per heavy atom. The van der Waals surface area contributed by atoms with Crippen LogP contribution < -0.4 is 29.6 Å². The van der Waals surface area contributed by atoms with Crippen LogP contribution in [0.25, 0.3) is 0 Å². The van der Waals surface area contributed by atoms with Crippen LogP contribution in [-0.2, 0) is 14.3 Å². The summed E-state index contributed by atoms with van der Waals surface area (Å²) in [6.07, 6.45) is 1.62. The summed E-state index contributed by atoms with van der Waals surface area (Å²) in [7, 11) is 1.43. The van der Waals surface area contributed by atoms with Crippen molar-refractivity contribution in [1.29, 1.82) is 0 Å². The molecule has 0 amide bonds. The van der Waals surface area contributed by atoms with Crippen LogP contribution in [-0.4, -0.2) is 31.8 Å². The molecule has 0 saturated carbocycles. The number of esters is 1. The summed E-state index contributed by atoms with van der Waals surface area (Å²) in [6, 6.07) is 0. The standard InChI is InChI=1S/C7H12O3.Na.H2O/c1-9-7(8)6-2-4-10-5-3-6;;/h6H,2-5H2,1H3;;1H2/q;+1;/p-1. The van der Waals surface area contributed by atoms with Gasteiger partial charge < -0.3 is 14.9 Å². The minimum Gasteiger partial charge on any atom is -0.870 e. The number of hydrogen-bond donors (Lipinski definition) is 0. The van der Waals surface area contributed by atoms with Crippen molar-refractivity contribution in [3.05, 3.63) is 0 Å². The van der Waals surface area contributed by atoms with E-state index in [-0.39, 0.29) is 46.9 Å². The maximum Gasteiger partial charge on any atom is 1.00 e. The third kappa shape index (κ3) is 4.42. The fraction of sp³-hybridized carbons (Fsp3) is 0.857. The van der Waals surface area contributed by atoms with E-state index in [2.05, 4.69) is 4.74 Å². The molecule has 1 fully saturated rings. The zero-order chi connectivity index (χ0) is 7.40. The Kier molecular flexibility index (Phi) is 9.94. The predicted molar refractivity (Wildman–Crippen MR) is 37.5 cm³/mol. The maximum absolute atomic E-state index is 10.9. The van der Waals surface area contributed by atoms with Crippen molar-refractivity contribution < 1.29 is 49.3 Å². The van der Waals surface area contributed by atoms with Crippen molar-refractivity contribution in [2.24, 2.45) is 5.92 Å². The topological polar surface area (TPSA) is 65.5 Å². The number of hydrogen-bond acceptors (Lipinski definition) is 4. The molecule has 0 atom stereocenters. The van der Waals surface area contributed by atoms with Gasteiger partial charge in [-0.2, -0.15) is 0 Å². The monoisotopic (exact) mass is 184 g/mol. The van der Waals surface area contributed by atoms with Gasteiger partial charge in [0.15, 0.2) is 0 Å². The number of methoxy groups -OCH3 is 1. The molecule has 0 spiro atoms. The summed E-state index contributed by atoms with van der Waals surface area (Å²) >= 11 is 0. The first-order valence-corrected chi connectivity index (χ1v) is 3.50. The van der Waals surface area contributed by atoms with Gasteiger partial charge in [-0.15, -0.1) is 0 Å². The van der Waals surface area contributed by atoms with E-state index in [1.54, 1.807) is 0 Å². The fourth-order valence-corrected chi connectivity index (χ4v) is 1.10. The Morgan fingerprint density at radius 3 is 2.33 bits per heavy atom. The Labute approximate surface area is 94.2 Å². The fourth-order valence-electron chi connectivity index (χ4n) is 1.10. The zero-order valence-electron chi connectivity index (χ0n) is 7.58. The van der Waals surface area contributed by atoms with E-state index >= 15 is 0 Å². The van der Waals surface area contributed by atoms with Gasteiger partial charge in [0, 0.05) is 13.2 Å². The molecule has 0 aliphatic carbocycles. The van der Waals surface area contributed by atoms with Crippen LogP contribution >= 0.6 is 0 Å². The van der Waals surface area contributed by atoms with Crippen molar-refractivity contribution in [3.63, 3.8) is 0 Å². The van der Waals surface area contributed by atoms with Crippen LogP contribution in [0.4, 0.5) is 0 Å². The van der Waals surface area contributed by atoms with Gasteiger partial charge in [0.2, 0.25) is 0 Å². The molecule has 0 aromatic rings. The normalized spacial score (nSPS) is 17.1.